The van der Waals surface area contributed by atoms with Gasteiger partial charge in [0.15, 0.2) is 0 Å². The van der Waals surface area contributed by atoms with Gasteiger partial charge in [0.05, 0.1) is 12.3 Å². The van der Waals surface area contributed by atoms with Crippen LogP contribution in [0.4, 0.5) is 0 Å². The van der Waals surface area contributed by atoms with Crippen molar-refractivity contribution < 1.29 is 14.6 Å². The van der Waals surface area contributed by atoms with Crippen LogP contribution < -0.4 is 0 Å². The molecule has 0 aliphatic heterocycles. The van der Waals surface area contributed by atoms with Crippen molar-refractivity contribution in [1.82, 2.24) is 4.98 Å². The summed E-state index contributed by atoms with van der Waals surface area (Å²) in [5.41, 5.74) is 8.27. The highest BCUT2D eigenvalue weighted by Crippen LogP contribution is 2.48. The van der Waals surface area contributed by atoms with Crippen LogP contribution in [0.3, 0.4) is 0 Å². The van der Waals surface area contributed by atoms with E-state index in [0.29, 0.717) is 6.61 Å². The first-order valence-corrected chi connectivity index (χ1v) is 9.47. The number of aromatic hydroxyl groups is 1. The average molecular weight is 373 g/mol. The number of ether oxygens (including phenoxy) is 1. The van der Waals surface area contributed by atoms with E-state index in [1.165, 1.54) is 6.92 Å². The maximum absolute atomic E-state index is 11.4. The molecule has 1 aliphatic carbocycles. The normalized spacial score (nSPS) is 14.9. The summed E-state index contributed by atoms with van der Waals surface area (Å²) in [5, 5.41) is 10.7. The highest BCUT2D eigenvalue weighted by molar-refractivity contribution is 5.85. The van der Waals surface area contributed by atoms with E-state index in [4.69, 9.17) is 4.74 Å². The lowest BCUT2D eigenvalue weighted by Gasteiger charge is -2.31. The van der Waals surface area contributed by atoms with Crippen molar-refractivity contribution in [2.24, 2.45) is 0 Å². The molecule has 2 aromatic carbocycles. The molecule has 28 heavy (non-hydrogen) atoms. The quantitative estimate of drug-likeness (QED) is 0.661. The molecule has 1 atom stereocenters. The topological polar surface area (TPSA) is 59.4 Å². The Labute approximate surface area is 164 Å². The van der Waals surface area contributed by atoms with E-state index in [9.17, 15) is 9.90 Å². The summed E-state index contributed by atoms with van der Waals surface area (Å²) in [6, 6.07) is 13.8. The molecule has 4 rings (SSSR count). The van der Waals surface area contributed by atoms with Gasteiger partial charge >= 0.3 is 5.97 Å². The number of aryl methyl sites for hydroxylation is 2. The van der Waals surface area contributed by atoms with Crippen LogP contribution in [0.25, 0.3) is 22.4 Å². The number of hydrogen-bond donors (Lipinski definition) is 1. The van der Waals surface area contributed by atoms with E-state index in [1.54, 1.807) is 12.3 Å². The van der Waals surface area contributed by atoms with Gasteiger partial charge < -0.3 is 9.84 Å². The maximum Gasteiger partial charge on any atom is 0.302 e. The Morgan fingerprint density at radius 3 is 2.64 bits per heavy atom. The Balaban J connectivity index is 1.95. The molecule has 142 valence electrons. The van der Waals surface area contributed by atoms with Crippen LogP contribution >= 0.6 is 0 Å². The van der Waals surface area contributed by atoms with E-state index < -0.39 is 0 Å². The first-order valence-electron chi connectivity index (χ1n) is 9.47. The first-order chi connectivity index (χ1) is 13.5. The fourth-order valence-corrected chi connectivity index (χ4v) is 4.26. The monoisotopic (exact) mass is 373 g/mol. The third-order valence-electron chi connectivity index (χ3n) is 5.50. The van der Waals surface area contributed by atoms with Crippen molar-refractivity contribution in [3.05, 3.63) is 70.9 Å². The van der Waals surface area contributed by atoms with Crippen LogP contribution in [0.15, 0.2) is 48.7 Å². The van der Waals surface area contributed by atoms with Crippen molar-refractivity contribution in [2.75, 3.05) is 6.61 Å². The molecule has 0 saturated heterocycles. The van der Waals surface area contributed by atoms with Crippen LogP contribution in [0.2, 0.25) is 0 Å². The number of hydrogen-bond acceptors (Lipinski definition) is 4. The number of rotatable bonds is 3. The zero-order valence-corrected chi connectivity index (χ0v) is 16.3. The molecule has 0 fully saturated rings. The van der Waals surface area contributed by atoms with Gasteiger partial charge in [-0.15, -0.1) is 0 Å². The minimum atomic E-state index is -0.293. The van der Waals surface area contributed by atoms with Crippen molar-refractivity contribution in [1.29, 1.82) is 0 Å². The number of carbonyl (C=O) groups excluding carboxylic acids is 1. The van der Waals surface area contributed by atoms with Crippen molar-refractivity contribution >= 4 is 5.97 Å². The second-order valence-corrected chi connectivity index (χ2v) is 7.39. The van der Waals surface area contributed by atoms with Gasteiger partial charge in [-0.25, -0.2) is 0 Å². The van der Waals surface area contributed by atoms with Gasteiger partial charge in [-0.1, -0.05) is 30.3 Å². The Morgan fingerprint density at radius 1 is 1.11 bits per heavy atom. The Morgan fingerprint density at radius 2 is 1.89 bits per heavy atom. The van der Waals surface area contributed by atoms with Gasteiger partial charge in [0.2, 0.25) is 0 Å². The maximum atomic E-state index is 11.4. The molecule has 0 amide bonds. The molecule has 1 aliphatic rings. The van der Waals surface area contributed by atoms with Gasteiger partial charge in [-0.2, -0.15) is 0 Å². The molecule has 0 spiro atoms. The van der Waals surface area contributed by atoms with E-state index in [1.807, 2.05) is 25.1 Å². The highest BCUT2D eigenvalue weighted by Gasteiger charge is 2.31. The number of carbonyl (C=O) groups is 1. The molecular formula is C24H23NO3. The minimum Gasteiger partial charge on any atom is -0.507 e. The smallest absolute Gasteiger partial charge is 0.302 e. The van der Waals surface area contributed by atoms with Crippen LogP contribution in [-0.4, -0.2) is 22.7 Å². The molecule has 4 heteroatoms. The largest absolute Gasteiger partial charge is 0.507 e. The summed E-state index contributed by atoms with van der Waals surface area (Å²) in [4.78, 5) is 16.1. The number of nitrogens with zero attached hydrogens (tertiary/aromatic N) is 1. The molecule has 1 heterocycles. The molecule has 0 radical (unpaired) electrons. The lowest BCUT2D eigenvalue weighted by Crippen LogP contribution is -2.20. The summed E-state index contributed by atoms with van der Waals surface area (Å²) >= 11 is 0. The second-order valence-electron chi connectivity index (χ2n) is 7.39. The van der Waals surface area contributed by atoms with Crippen molar-refractivity contribution in [3.63, 3.8) is 0 Å². The molecule has 1 unspecified atom stereocenters. The SMILES string of the molecule is CC(=O)OCC1Cc2c(-c3ncccc3C)cccc2-c2c(O)ccc(C)c21. The van der Waals surface area contributed by atoms with Crippen molar-refractivity contribution in [2.45, 2.75) is 33.1 Å². The summed E-state index contributed by atoms with van der Waals surface area (Å²) < 4.78 is 5.38. The van der Waals surface area contributed by atoms with E-state index in [2.05, 4.69) is 30.1 Å². The lowest BCUT2D eigenvalue weighted by atomic mass is 9.74. The molecule has 3 aromatic rings. The van der Waals surface area contributed by atoms with Crippen LogP contribution in [-0.2, 0) is 16.0 Å². The molecule has 4 nitrogen and oxygen atoms in total. The summed E-state index contributed by atoms with van der Waals surface area (Å²) in [6.45, 7) is 5.81. The van der Waals surface area contributed by atoms with E-state index in [0.717, 1.165) is 51.1 Å². The number of benzene rings is 2. The molecule has 1 N–H and O–H groups in total. The number of phenolic OH excluding ortho intramolecular Hbond substituents is 1. The average Bonchev–Trinajstić information content (AvgIpc) is 2.68. The Kier molecular flexibility index (Phi) is 4.63. The fraction of sp³-hybridized carbons (Fsp3) is 0.250. The number of esters is 1. The zero-order chi connectivity index (χ0) is 19.8. The van der Waals surface area contributed by atoms with Gasteiger partial charge in [-0.3, -0.25) is 9.78 Å². The van der Waals surface area contributed by atoms with Gasteiger partial charge in [0, 0.05) is 30.2 Å². The number of aromatic nitrogens is 1. The molecule has 1 aromatic heterocycles. The van der Waals surface area contributed by atoms with E-state index in [-0.39, 0.29) is 17.6 Å². The highest BCUT2D eigenvalue weighted by atomic mass is 16.5. The lowest BCUT2D eigenvalue weighted by molar-refractivity contribution is -0.141. The van der Waals surface area contributed by atoms with Crippen molar-refractivity contribution in [3.8, 4) is 28.1 Å². The summed E-state index contributed by atoms with van der Waals surface area (Å²) in [7, 11) is 0. The summed E-state index contributed by atoms with van der Waals surface area (Å²) in [6.07, 6.45) is 2.53. The van der Waals surface area contributed by atoms with Crippen LogP contribution in [0.5, 0.6) is 5.75 Å². The minimum absolute atomic E-state index is 0.0105. The van der Waals surface area contributed by atoms with Crippen LogP contribution in [0.1, 0.15) is 35.1 Å². The number of pyridine rings is 1. The third kappa shape index (κ3) is 3.05. The van der Waals surface area contributed by atoms with Gasteiger partial charge in [0.25, 0.3) is 0 Å². The summed E-state index contributed by atoms with van der Waals surface area (Å²) in [5.74, 6) is -0.0491. The standard InChI is InChI=1S/C24H23NO3/c1-14-9-10-21(27)23-18-7-4-8-19(24-15(2)6-5-11-25-24)20(18)12-17(22(14)23)13-28-16(3)26/h4-11,17,27H,12-13H2,1-3H3. The Bertz CT molecular complexity index is 1070. The van der Waals surface area contributed by atoms with Gasteiger partial charge in [-0.05, 0) is 60.2 Å². The second kappa shape index (κ2) is 7.12. The Hall–Kier alpha value is -3.14. The van der Waals surface area contributed by atoms with Crippen LogP contribution in [0, 0.1) is 13.8 Å². The number of phenols is 1. The molecule has 0 bridgehead atoms. The molecular weight excluding hydrogens is 350 g/mol. The predicted molar refractivity (Wildman–Crippen MR) is 109 cm³/mol. The zero-order valence-electron chi connectivity index (χ0n) is 16.3. The number of fused-ring (bicyclic) bond motifs is 3. The van der Waals surface area contributed by atoms with Gasteiger partial charge in [0.1, 0.15) is 5.75 Å². The fourth-order valence-electron chi connectivity index (χ4n) is 4.26. The molecule has 0 saturated carbocycles. The predicted octanol–water partition coefficient (Wildman–Crippen LogP) is 4.94. The van der Waals surface area contributed by atoms with E-state index >= 15 is 0 Å². The first kappa shape index (κ1) is 18.2. The third-order valence-corrected chi connectivity index (χ3v) is 5.50.